The Hall–Kier alpha value is -2.23. The number of anilines is 1. The van der Waals surface area contributed by atoms with E-state index in [2.05, 4.69) is 5.32 Å². The molecule has 0 spiro atoms. The summed E-state index contributed by atoms with van der Waals surface area (Å²) < 4.78 is 10.7. The van der Waals surface area contributed by atoms with Gasteiger partial charge in [0, 0.05) is 6.54 Å². The maximum atomic E-state index is 12.2. The molecule has 0 atom stereocenters. The van der Waals surface area contributed by atoms with Gasteiger partial charge in [-0.05, 0) is 24.3 Å². The lowest BCUT2D eigenvalue weighted by Crippen LogP contribution is -2.20. The van der Waals surface area contributed by atoms with Crippen LogP contribution in [0.15, 0.2) is 41.0 Å². The summed E-state index contributed by atoms with van der Waals surface area (Å²) >= 11 is 0. The van der Waals surface area contributed by atoms with Gasteiger partial charge in [0.15, 0.2) is 11.5 Å². The predicted molar refractivity (Wildman–Crippen MR) is 62.6 cm³/mol. The van der Waals surface area contributed by atoms with Gasteiger partial charge in [0.05, 0.1) is 17.5 Å². The monoisotopic (exact) mass is 229 g/mol. The Bertz CT molecular complexity index is 546. The van der Waals surface area contributed by atoms with E-state index in [0.29, 0.717) is 23.7 Å². The number of ketones is 1. The van der Waals surface area contributed by atoms with E-state index < -0.39 is 0 Å². The van der Waals surface area contributed by atoms with Crippen molar-refractivity contribution < 1.29 is 13.9 Å². The summed E-state index contributed by atoms with van der Waals surface area (Å²) in [6, 6.07) is 8.82. The van der Waals surface area contributed by atoms with Crippen LogP contribution in [0.1, 0.15) is 16.1 Å². The van der Waals surface area contributed by atoms with Crippen LogP contribution >= 0.6 is 0 Å². The number of nitrogens with one attached hydrogen (secondary N) is 1. The zero-order valence-electron chi connectivity index (χ0n) is 9.10. The molecule has 2 aromatic rings. The van der Waals surface area contributed by atoms with Gasteiger partial charge in [-0.2, -0.15) is 0 Å². The van der Waals surface area contributed by atoms with Crippen molar-refractivity contribution in [2.75, 3.05) is 18.5 Å². The van der Waals surface area contributed by atoms with E-state index in [1.54, 1.807) is 18.2 Å². The first-order valence-electron chi connectivity index (χ1n) is 5.44. The molecule has 1 aromatic carbocycles. The van der Waals surface area contributed by atoms with E-state index in [1.165, 1.54) is 6.26 Å². The van der Waals surface area contributed by atoms with Crippen LogP contribution in [-0.2, 0) is 0 Å². The van der Waals surface area contributed by atoms with Crippen LogP contribution in [0.5, 0.6) is 5.75 Å². The number of carbonyl (C=O) groups is 1. The van der Waals surface area contributed by atoms with Gasteiger partial charge in [-0.15, -0.1) is 0 Å². The molecule has 86 valence electrons. The first-order valence-corrected chi connectivity index (χ1v) is 5.44. The average Bonchev–Trinajstić information content (AvgIpc) is 2.91. The first-order chi connectivity index (χ1) is 8.36. The molecule has 1 N–H and O–H groups in total. The van der Waals surface area contributed by atoms with Gasteiger partial charge in [-0.25, -0.2) is 0 Å². The molecule has 0 unspecified atom stereocenters. The molecule has 0 amide bonds. The van der Waals surface area contributed by atoms with Gasteiger partial charge in [0.2, 0.25) is 5.78 Å². The van der Waals surface area contributed by atoms with Gasteiger partial charge < -0.3 is 14.5 Å². The third-order valence-electron chi connectivity index (χ3n) is 2.67. The van der Waals surface area contributed by atoms with E-state index in [-0.39, 0.29) is 5.78 Å². The summed E-state index contributed by atoms with van der Waals surface area (Å²) in [6.45, 7) is 1.32. The van der Waals surface area contributed by atoms with Crippen molar-refractivity contribution in [2.24, 2.45) is 0 Å². The zero-order chi connectivity index (χ0) is 11.7. The van der Waals surface area contributed by atoms with Crippen LogP contribution in [0, 0.1) is 0 Å². The lowest BCUT2D eigenvalue weighted by atomic mass is 10.1. The molecule has 0 bridgehead atoms. The van der Waals surface area contributed by atoms with Crippen molar-refractivity contribution in [1.82, 2.24) is 0 Å². The number of ether oxygens (including phenoxy) is 1. The van der Waals surface area contributed by atoms with Crippen LogP contribution in [-0.4, -0.2) is 18.9 Å². The van der Waals surface area contributed by atoms with Crippen molar-refractivity contribution in [1.29, 1.82) is 0 Å². The molecule has 0 saturated carbocycles. The zero-order valence-corrected chi connectivity index (χ0v) is 9.10. The number of para-hydroxylation sites is 1. The second-order valence-electron chi connectivity index (χ2n) is 3.76. The minimum atomic E-state index is -0.157. The standard InChI is InChI=1S/C13H11NO3/c15-12(11-5-2-7-16-11)9-3-1-4-10-13(9)17-8-6-14-10/h1-5,7,14H,6,8H2. The highest BCUT2D eigenvalue weighted by molar-refractivity contribution is 6.10. The molecule has 1 aliphatic rings. The van der Waals surface area contributed by atoms with Crippen LogP contribution < -0.4 is 10.1 Å². The Morgan fingerprint density at radius 2 is 2.18 bits per heavy atom. The molecule has 4 heteroatoms. The topological polar surface area (TPSA) is 51.5 Å². The maximum Gasteiger partial charge on any atom is 0.231 e. The smallest absolute Gasteiger partial charge is 0.231 e. The second kappa shape index (κ2) is 3.97. The number of hydrogen-bond donors (Lipinski definition) is 1. The summed E-state index contributed by atoms with van der Waals surface area (Å²) in [7, 11) is 0. The van der Waals surface area contributed by atoms with Gasteiger partial charge in [-0.1, -0.05) is 6.07 Å². The molecule has 1 aliphatic heterocycles. The van der Waals surface area contributed by atoms with E-state index in [4.69, 9.17) is 9.15 Å². The fraction of sp³-hybridized carbons (Fsp3) is 0.154. The molecule has 4 nitrogen and oxygen atoms in total. The third-order valence-corrected chi connectivity index (χ3v) is 2.67. The van der Waals surface area contributed by atoms with Crippen molar-refractivity contribution in [2.45, 2.75) is 0 Å². The summed E-state index contributed by atoms with van der Waals surface area (Å²) in [6.07, 6.45) is 1.49. The van der Waals surface area contributed by atoms with Gasteiger partial charge >= 0.3 is 0 Å². The lowest BCUT2D eigenvalue weighted by molar-refractivity contribution is 0.100. The molecular weight excluding hydrogens is 218 g/mol. The molecule has 0 fully saturated rings. The number of hydrogen-bond acceptors (Lipinski definition) is 4. The Balaban J connectivity index is 2.06. The minimum Gasteiger partial charge on any atom is -0.489 e. The number of fused-ring (bicyclic) bond motifs is 1. The van der Waals surface area contributed by atoms with Crippen molar-refractivity contribution >= 4 is 11.5 Å². The maximum absolute atomic E-state index is 12.2. The quantitative estimate of drug-likeness (QED) is 0.803. The van der Waals surface area contributed by atoms with Gasteiger partial charge in [0.1, 0.15) is 6.61 Å². The molecule has 3 rings (SSSR count). The minimum absolute atomic E-state index is 0.157. The van der Waals surface area contributed by atoms with E-state index >= 15 is 0 Å². The van der Waals surface area contributed by atoms with Crippen LogP contribution in [0.4, 0.5) is 5.69 Å². The van der Waals surface area contributed by atoms with Crippen LogP contribution in [0.2, 0.25) is 0 Å². The van der Waals surface area contributed by atoms with Crippen molar-refractivity contribution in [3.05, 3.63) is 47.9 Å². The molecule has 0 saturated heterocycles. The fourth-order valence-corrected chi connectivity index (χ4v) is 1.89. The summed E-state index contributed by atoms with van der Waals surface area (Å²) in [4.78, 5) is 12.2. The van der Waals surface area contributed by atoms with Crippen molar-refractivity contribution in [3.63, 3.8) is 0 Å². The Morgan fingerprint density at radius 1 is 1.24 bits per heavy atom. The molecule has 2 heterocycles. The van der Waals surface area contributed by atoms with E-state index in [1.807, 2.05) is 12.1 Å². The SMILES string of the molecule is O=C(c1ccco1)c1cccc2c1OCCN2. The number of benzene rings is 1. The van der Waals surface area contributed by atoms with Crippen LogP contribution in [0.25, 0.3) is 0 Å². The predicted octanol–water partition coefficient (Wildman–Crippen LogP) is 2.31. The Morgan fingerprint density at radius 3 is 3.00 bits per heavy atom. The third kappa shape index (κ3) is 1.67. The highest BCUT2D eigenvalue weighted by Gasteiger charge is 2.21. The summed E-state index contributed by atoms with van der Waals surface area (Å²) in [5.74, 6) is 0.781. The summed E-state index contributed by atoms with van der Waals surface area (Å²) in [5.41, 5.74) is 1.39. The molecule has 1 aromatic heterocycles. The Labute approximate surface area is 98.2 Å². The fourth-order valence-electron chi connectivity index (χ4n) is 1.89. The van der Waals surface area contributed by atoms with Gasteiger partial charge in [0.25, 0.3) is 0 Å². The summed E-state index contributed by atoms with van der Waals surface area (Å²) in [5, 5.41) is 3.20. The van der Waals surface area contributed by atoms with E-state index in [0.717, 1.165) is 12.2 Å². The highest BCUT2D eigenvalue weighted by atomic mass is 16.5. The number of rotatable bonds is 2. The first kappa shape index (κ1) is 9.96. The molecule has 0 aliphatic carbocycles. The molecular formula is C13H11NO3. The lowest BCUT2D eigenvalue weighted by Gasteiger charge is -2.20. The largest absolute Gasteiger partial charge is 0.489 e. The van der Waals surface area contributed by atoms with E-state index in [9.17, 15) is 4.79 Å². The second-order valence-corrected chi connectivity index (χ2v) is 3.76. The van der Waals surface area contributed by atoms with Gasteiger partial charge in [-0.3, -0.25) is 4.79 Å². The Kier molecular flexibility index (Phi) is 2.33. The number of furan rings is 1. The average molecular weight is 229 g/mol. The van der Waals surface area contributed by atoms with Crippen LogP contribution in [0.3, 0.4) is 0 Å². The number of carbonyl (C=O) groups excluding carboxylic acids is 1. The molecule has 0 radical (unpaired) electrons. The normalized spacial score (nSPS) is 13.4. The van der Waals surface area contributed by atoms with Crippen molar-refractivity contribution in [3.8, 4) is 5.75 Å². The molecule has 17 heavy (non-hydrogen) atoms. The highest BCUT2D eigenvalue weighted by Crippen LogP contribution is 2.32.